The van der Waals surface area contributed by atoms with E-state index in [1.54, 1.807) is 0 Å². The monoisotopic (exact) mass is 276 g/mol. The molecule has 0 saturated carbocycles. The lowest BCUT2D eigenvalue weighted by Gasteiger charge is -2.35. The molecule has 1 aliphatic rings. The van der Waals surface area contributed by atoms with Gasteiger partial charge in [-0.3, -0.25) is 4.79 Å². The van der Waals surface area contributed by atoms with Crippen molar-refractivity contribution in [3.63, 3.8) is 0 Å². The number of rotatable bonds is 4. The van der Waals surface area contributed by atoms with E-state index in [0.717, 1.165) is 38.5 Å². The number of carbonyl (C=O) groups excluding carboxylic acids is 1. The van der Waals surface area contributed by atoms with Crippen LogP contribution in [0.25, 0.3) is 0 Å². The van der Waals surface area contributed by atoms with E-state index in [0.29, 0.717) is 0 Å². The molecule has 1 aromatic rings. The first-order chi connectivity index (χ1) is 9.60. The molecule has 0 bridgehead atoms. The Hall–Kier alpha value is -1.55. The van der Waals surface area contributed by atoms with Gasteiger partial charge in [0.15, 0.2) is 6.10 Å². The van der Waals surface area contributed by atoms with Crippen LogP contribution in [0.1, 0.15) is 19.4 Å². The number of ether oxygens (including phenoxy) is 1. The summed E-state index contributed by atoms with van der Waals surface area (Å²) in [6, 6.07) is 7.81. The van der Waals surface area contributed by atoms with Crippen LogP contribution in [-0.2, 0) is 4.79 Å². The summed E-state index contributed by atoms with van der Waals surface area (Å²) in [7, 11) is 0. The molecular weight excluding hydrogens is 252 g/mol. The van der Waals surface area contributed by atoms with Crippen molar-refractivity contribution >= 4 is 5.91 Å². The maximum atomic E-state index is 12.3. The third kappa shape index (κ3) is 3.73. The van der Waals surface area contributed by atoms with E-state index in [-0.39, 0.29) is 5.91 Å². The van der Waals surface area contributed by atoms with Gasteiger partial charge in [0, 0.05) is 26.2 Å². The summed E-state index contributed by atoms with van der Waals surface area (Å²) in [5.74, 6) is 0.838. The van der Waals surface area contributed by atoms with E-state index in [2.05, 4.69) is 11.8 Å². The van der Waals surface area contributed by atoms with Crippen molar-refractivity contribution in [3.05, 3.63) is 29.8 Å². The Balaban J connectivity index is 1.87. The zero-order chi connectivity index (χ0) is 14.5. The number of carbonyl (C=O) groups is 1. The van der Waals surface area contributed by atoms with Gasteiger partial charge in [-0.2, -0.15) is 0 Å². The zero-order valence-electron chi connectivity index (χ0n) is 12.6. The summed E-state index contributed by atoms with van der Waals surface area (Å²) >= 11 is 0. The molecule has 20 heavy (non-hydrogen) atoms. The Morgan fingerprint density at radius 1 is 1.20 bits per heavy atom. The van der Waals surface area contributed by atoms with Gasteiger partial charge in [0.05, 0.1) is 0 Å². The highest BCUT2D eigenvalue weighted by Crippen LogP contribution is 2.14. The Labute approximate surface area is 121 Å². The third-order valence-electron chi connectivity index (χ3n) is 3.81. The fraction of sp³-hybridized carbons (Fsp3) is 0.562. The first-order valence-corrected chi connectivity index (χ1v) is 7.34. The minimum Gasteiger partial charge on any atom is -0.481 e. The molecule has 1 aliphatic heterocycles. The number of likely N-dealkylation sites (N-methyl/N-ethyl adjacent to an activating group) is 1. The molecule has 1 fully saturated rings. The second-order valence-electron chi connectivity index (χ2n) is 5.33. The molecule has 2 rings (SSSR count). The molecule has 110 valence electrons. The summed E-state index contributed by atoms with van der Waals surface area (Å²) in [4.78, 5) is 16.6. The molecule has 4 nitrogen and oxygen atoms in total. The number of amides is 1. The molecule has 1 saturated heterocycles. The molecule has 0 spiro atoms. The quantitative estimate of drug-likeness (QED) is 0.842. The summed E-state index contributed by atoms with van der Waals surface area (Å²) in [6.07, 6.45) is -0.425. The van der Waals surface area contributed by atoms with Crippen LogP contribution in [0.2, 0.25) is 0 Å². The van der Waals surface area contributed by atoms with Gasteiger partial charge in [0.2, 0.25) is 0 Å². The molecule has 0 aliphatic carbocycles. The lowest BCUT2D eigenvalue weighted by Crippen LogP contribution is -2.51. The summed E-state index contributed by atoms with van der Waals surface area (Å²) in [5, 5.41) is 0. The minimum absolute atomic E-state index is 0.0846. The Morgan fingerprint density at radius 3 is 2.35 bits per heavy atom. The van der Waals surface area contributed by atoms with Gasteiger partial charge in [-0.15, -0.1) is 0 Å². The average molecular weight is 276 g/mol. The minimum atomic E-state index is -0.425. The Kier molecular flexibility index (Phi) is 5.01. The number of benzene rings is 1. The van der Waals surface area contributed by atoms with E-state index in [1.807, 2.05) is 43.0 Å². The van der Waals surface area contributed by atoms with Gasteiger partial charge in [-0.05, 0) is 32.5 Å². The van der Waals surface area contributed by atoms with Gasteiger partial charge in [0.25, 0.3) is 5.91 Å². The molecule has 1 amide bonds. The first kappa shape index (κ1) is 14.9. The SMILES string of the molecule is CCN1CCN(C(=O)[C@H](C)Oc2ccc(C)cc2)CC1. The second kappa shape index (κ2) is 6.75. The van der Waals surface area contributed by atoms with Crippen molar-refractivity contribution < 1.29 is 9.53 Å². The standard InChI is InChI=1S/C16H24N2O2/c1-4-17-9-11-18(12-10-17)16(19)14(3)20-15-7-5-13(2)6-8-15/h5-8,14H,4,9-12H2,1-3H3/t14-/m0/s1. The molecule has 0 radical (unpaired) electrons. The summed E-state index contributed by atoms with van der Waals surface area (Å²) in [5.41, 5.74) is 1.19. The van der Waals surface area contributed by atoms with Crippen LogP contribution in [0.3, 0.4) is 0 Å². The molecule has 4 heteroatoms. The van der Waals surface area contributed by atoms with Gasteiger partial charge in [-0.25, -0.2) is 0 Å². The van der Waals surface area contributed by atoms with Crippen molar-refractivity contribution in [1.29, 1.82) is 0 Å². The predicted octanol–water partition coefficient (Wildman–Crippen LogP) is 1.93. The van der Waals surface area contributed by atoms with E-state index in [1.165, 1.54) is 5.56 Å². The first-order valence-electron chi connectivity index (χ1n) is 7.34. The average Bonchev–Trinajstić information content (AvgIpc) is 2.49. The highest BCUT2D eigenvalue weighted by Gasteiger charge is 2.25. The maximum Gasteiger partial charge on any atom is 0.263 e. The predicted molar refractivity (Wildman–Crippen MR) is 80.0 cm³/mol. The number of hydrogen-bond acceptors (Lipinski definition) is 3. The van der Waals surface area contributed by atoms with Crippen molar-refractivity contribution in [3.8, 4) is 5.75 Å². The summed E-state index contributed by atoms with van der Waals surface area (Å²) < 4.78 is 5.73. The fourth-order valence-electron chi connectivity index (χ4n) is 2.41. The van der Waals surface area contributed by atoms with E-state index in [9.17, 15) is 4.79 Å². The zero-order valence-corrected chi connectivity index (χ0v) is 12.6. The van der Waals surface area contributed by atoms with E-state index < -0.39 is 6.10 Å². The second-order valence-corrected chi connectivity index (χ2v) is 5.33. The smallest absolute Gasteiger partial charge is 0.263 e. The number of nitrogens with zero attached hydrogens (tertiary/aromatic N) is 2. The van der Waals surface area contributed by atoms with Gasteiger partial charge in [-0.1, -0.05) is 24.6 Å². The molecule has 1 heterocycles. The fourth-order valence-corrected chi connectivity index (χ4v) is 2.41. The normalized spacial score (nSPS) is 17.9. The Bertz CT molecular complexity index is 436. The van der Waals surface area contributed by atoms with Crippen LogP contribution >= 0.6 is 0 Å². The van der Waals surface area contributed by atoms with Crippen molar-refractivity contribution in [2.75, 3.05) is 32.7 Å². The third-order valence-corrected chi connectivity index (χ3v) is 3.81. The van der Waals surface area contributed by atoms with Crippen LogP contribution in [0.5, 0.6) is 5.75 Å². The molecule has 0 unspecified atom stereocenters. The largest absolute Gasteiger partial charge is 0.481 e. The van der Waals surface area contributed by atoms with Crippen LogP contribution in [0.15, 0.2) is 24.3 Å². The highest BCUT2D eigenvalue weighted by atomic mass is 16.5. The lowest BCUT2D eigenvalue weighted by molar-refractivity contribution is -0.139. The molecule has 0 N–H and O–H groups in total. The van der Waals surface area contributed by atoms with Crippen LogP contribution in [-0.4, -0.2) is 54.5 Å². The van der Waals surface area contributed by atoms with Crippen LogP contribution in [0, 0.1) is 6.92 Å². The molecule has 1 aromatic carbocycles. The van der Waals surface area contributed by atoms with Crippen LogP contribution in [0.4, 0.5) is 0 Å². The van der Waals surface area contributed by atoms with Crippen LogP contribution < -0.4 is 4.74 Å². The number of hydrogen-bond donors (Lipinski definition) is 0. The number of piperazine rings is 1. The molecule has 1 atom stereocenters. The highest BCUT2D eigenvalue weighted by molar-refractivity contribution is 5.81. The lowest BCUT2D eigenvalue weighted by atomic mass is 10.2. The Morgan fingerprint density at radius 2 is 1.80 bits per heavy atom. The molecule has 0 aromatic heterocycles. The van der Waals surface area contributed by atoms with E-state index >= 15 is 0 Å². The van der Waals surface area contributed by atoms with Crippen molar-refractivity contribution in [1.82, 2.24) is 9.80 Å². The van der Waals surface area contributed by atoms with E-state index in [4.69, 9.17) is 4.74 Å². The topological polar surface area (TPSA) is 32.8 Å². The van der Waals surface area contributed by atoms with Gasteiger partial charge in [0.1, 0.15) is 5.75 Å². The van der Waals surface area contributed by atoms with Crippen molar-refractivity contribution in [2.24, 2.45) is 0 Å². The van der Waals surface area contributed by atoms with Gasteiger partial charge >= 0.3 is 0 Å². The maximum absolute atomic E-state index is 12.3. The van der Waals surface area contributed by atoms with Gasteiger partial charge < -0.3 is 14.5 Å². The van der Waals surface area contributed by atoms with Crippen molar-refractivity contribution in [2.45, 2.75) is 26.9 Å². The summed E-state index contributed by atoms with van der Waals surface area (Å²) in [6.45, 7) is 10.6. The number of aryl methyl sites for hydroxylation is 1. The molecular formula is C16H24N2O2.